The fourth-order valence-electron chi connectivity index (χ4n) is 3.24. The fraction of sp³-hybridized carbons (Fsp3) is 0.316. The van der Waals surface area contributed by atoms with Gasteiger partial charge in [-0.05, 0) is 37.3 Å². The third-order valence-electron chi connectivity index (χ3n) is 4.63. The number of fused-ring (bicyclic) bond motifs is 3. The Morgan fingerprint density at radius 2 is 2.12 bits per heavy atom. The molecule has 0 saturated heterocycles. The summed E-state index contributed by atoms with van der Waals surface area (Å²) in [4.78, 5) is 31.7. The predicted octanol–water partition coefficient (Wildman–Crippen LogP) is 3.25. The highest BCUT2D eigenvalue weighted by molar-refractivity contribution is 7.18. The predicted molar refractivity (Wildman–Crippen MR) is 96.9 cm³/mol. The lowest BCUT2D eigenvalue weighted by Crippen LogP contribution is -2.29. The number of hydrogen-bond donors (Lipinski definition) is 0. The maximum Gasteiger partial charge on any atom is 0.329 e. The Bertz CT molecular complexity index is 991. The minimum Gasteiger partial charge on any atom is -0.459 e. The van der Waals surface area contributed by atoms with Crippen molar-refractivity contribution in [3.05, 3.63) is 63.0 Å². The number of benzene rings is 1. The number of ether oxygens (including phenoxy) is 1. The molecule has 6 heteroatoms. The average Bonchev–Trinajstić information content (AvgIpc) is 3.21. The molecule has 128 valence electrons. The number of aromatic nitrogens is 2. The summed E-state index contributed by atoms with van der Waals surface area (Å²) in [6.07, 6.45) is 4.48. The summed E-state index contributed by atoms with van der Waals surface area (Å²) in [5.41, 5.74) is 1.89. The molecule has 0 amide bonds. The zero-order chi connectivity index (χ0) is 17.4. The molecule has 1 aliphatic rings. The van der Waals surface area contributed by atoms with Crippen LogP contribution in [0.3, 0.4) is 0 Å². The molecule has 0 bridgehead atoms. The van der Waals surface area contributed by atoms with Gasteiger partial charge in [0, 0.05) is 4.88 Å². The van der Waals surface area contributed by atoms with Gasteiger partial charge in [-0.25, -0.2) is 9.78 Å². The van der Waals surface area contributed by atoms with E-state index in [1.165, 1.54) is 15.8 Å². The van der Waals surface area contributed by atoms with E-state index in [1.807, 2.05) is 30.3 Å². The van der Waals surface area contributed by atoms with Gasteiger partial charge in [-0.3, -0.25) is 9.36 Å². The zero-order valence-electron chi connectivity index (χ0n) is 13.9. The second kappa shape index (κ2) is 6.44. The minimum atomic E-state index is -0.704. The number of esters is 1. The van der Waals surface area contributed by atoms with Gasteiger partial charge >= 0.3 is 5.97 Å². The van der Waals surface area contributed by atoms with Gasteiger partial charge in [0.2, 0.25) is 0 Å². The third kappa shape index (κ3) is 2.87. The highest BCUT2D eigenvalue weighted by Crippen LogP contribution is 2.34. The van der Waals surface area contributed by atoms with Gasteiger partial charge in [0.15, 0.2) is 0 Å². The van der Waals surface area contributed by atoms with Crippen LogP contribution in [0.25, 0.3) is 10.2 Å². The molecule has 1 unspecified atom stereocenters. The molecule has 1 aromatic carbocycles. The molecule has 1 aliphatic carbocycles. The molecule has 0 N–H and O–H groups in total. The number of rotatable bonds is 4. The van der Waals surface area contributed by atoms with Crippen molar-refractivity contribution in [1.82, 2.24) is 9.55 Å². The molecule has 0 aliphatic heterocycles. The van der Waals surface area contributed by atoms with Crippen LogP contribution in [0.1, 0.15) is 35.4 Å². The molecule has 0 spiro atoms. The zero-order valence-corrected chi connectivity index (χ0v) is 14.7. The van der Waals surface area contributed by atoms with Crippen LogP contribution in [-0.2, 0) is 29.0 Å². The lowest BCUT2D eigenvalue weighted by molar-refractivity contribution is -0.148. The summed E-state index contributed by atoms with van der Waals surface area (Å²) in [5.74, 6) is -0.432. The van der Waals surface area contributed by atoms with Crippen LogP contribution in [0.4, 0.5) is 0 Å². The van der Waals surface area contributed by atoms with Crippen molar-refractivity contribution in [2.24, 2.45) is 0 Å². The number of thiophene rings is 1. The van der Waals surface area contributed by atoms with Crippen LogP contribution < -0.4 is 5.56 Å². The SMILES string of the molecule is CC(C(=O)OCc1ccccc1)n1cnc2sc3c(c2c1=O)CCC3. The lowest BCUT2D eigenvalue weighted by atomic mass is 10.2. The van der Waals surface area contributed by atoms with E-state index in [0.29, 0.717) is 5.39 Å². The molecular weight excluding hydrogens is 336 g/mol. The normalized spacial score (nSPS) is 14.4. The molecule has 0 radical (unpaired) electrons. The molecule has 0 fully saturated rings. The van der Waals surface area contributed by atoms with E-state index < -0.39 is 12.0 Å². The molecule has 5 nitrogen and oxygen atoms in total. The Kier molecular flexibility index (Phi) is 4.13. The monoisotopic (exact) mass is 354 g/mol. The van der Waals surface area contributed by atoms with Crippen molar-refractivity contribution >= 4 is 27.5 Å². The van der Waals surface area contributed by atoms with Crippen LogP contribution >= 0.6 is 11.3 Å². The third-order valence-corrected chi connectivity index (χ3v) is 5.83. The van der Waals surface area contributed by atoms with Gasteiger partial charge in [0.25, 0.3) is 5.56 Å². The maximum atomic E-state index is 12.9. The van der Waals surface area contributed by atoms with Gasteiger partial charge in [0.05, 0.1) is 11.7 Å². The van der Waals surface area contributed by atoms with E-state index in [0.717, 1.165) is 35.2 Å². The molecule has 0 saturated carbocycles. The first-order chi connectivity index (χ1) is 12.1. The topological polar surface area (TPSA) is 61.2 Å². The van der Waals surface area contributed by atoms with Gasteiger partial charge in [-0.15, -0.1) is 11.3 Å². The summed E-state index contributed by atoms with van der Waals surface area (Å²) in [5, 5.41) is 0.683. The summed E-state index contributed by atoms with van der Waals surface area (Å²) in [7, 11) is 0. The molecule has 25 heavy (non-hydrogen) atoms. The molecule has 2 aromatic heterocycles. The Hall–Kier alpha value is -2.47. The van der Waals surface area contributed by atoms with Crippen LogP contribution in [-0.4, -0.2) is 15.5 Å². The standard InChI is InChI=1S/C19H18N2O3S/c1-12(19(23)24-10-13-6-3-2-4-7-13)21-11-20-17-16(18(21)22)14-8-5-9-15(14)25-17/h2-4,6-7,11-12H,5,8-10H2,1H3. The average molecular weight is 354 g/mol. The highest BCUT2D eigenvalue weighted by atomic mass is 32.1. The van der Waals surface area contributed by atoms with Gasteiger partial charge in [0.1, 0.15) is 17.5 Å². The maximum absolute atomic E-state index is 12.9. The smallest absolute Gasteiger partial charge is 0.329 e. The van der Waals surface area contributed by atoms with E-state index in [2.05, 4.69) is 4.98 Å². The molecular formula is C19H18N2O3S. The van der Waals surface area contributed by atoms with Crippen molar-refractivity contribution < 1.29 is 9.53 Å². The fourth-order valence-corrected chi connectivity index (χ4v) is 4.46. The molecule has 3 aromatic rings. The van der Waals surface area contributed by atoms with Crippen molar-refractivity contribution in [3.63, 3.8) is 0 Å². The second-order valence-electron chi connectivity index (χ2n) is 6.26. The first-order valence-corrected chi connectivity index (χ1v) is 9.18. The van der Waals surface area contributed by atoms with Gasteiger partial charge in [-0.1, -0.05) is 30.3 Å². The van der Waals surface area contributed by atoms with Crippen LogP contribution in [0.5, 0.6) is 0 Å². The van der Waals surface area contributed by atoms with Crippen LogP contribution in [0.2, 0.25) is 0 Å². The number of hydrogen-bond acceptors (Lipinski definition) is 5. The van der Waals surface area contributed by atoms with E-state index in [9.17, 15) is 9.59 Å². The quantitative estimate of drug-likeness (QED) is 0.675. The highest BCUT2D eigenvalue weighted by Gasteiger charge is 2.24. The van der Waals surface area contributed by atoms with Crippen molar-refractivity contribution in [3.8, 4) is 0 Å². The minimum absolute atomic E-state index is 0.145. The van der Waals surface area contributed by atoms with Gasteiger partial charge in [-0.2, -0.15) is 0 Å². The van der Waals surface area contributed by atoms with Crippen LogP contribution in [0.15, 0.2) is 41.5 Å². The van der Waals surface area contributed by atoms with Crippen molar-refractivity contribution in [2.75, 3.05) is 0 Å². The number of aryl methyl sites for hydroxylation is 2. The molecule has 2 heterocycles. The molecule has 1 atom stereocenters. The number of carbonyl (C=O) groups is 1. The molecule has 4 rings (SSSR count). The Labute approximate surface area is 148 Å². The summed E-state index contributed by atoms with van der Waals surface area (Å²) >= 11 is 1.60. The first kappa shape index (κ1) is 16.0. The Balaban J connectivity index is 1.59. The largest absolute Gasteiger partial charge is 0.459 e. The first-order valence-electron chi connectivity index (χ1n) is 8.37. The Morgan fingerprint density at radius 1 is 1.32 bits per heavy atom. The van der Waals surface area contributed by atoms with E-state index in [1.54, 1.807) is 18.3 Å². The summed E-state index contributed by atoms with van der Waals surface area (Å²) in [6.45, 7) is 1.87. The summed E-state index contributed by atoms with van der Waals surface area (Å²) in [6, 6.07) is 8.79. The Morgan fingerprint density at radius 3 is 2.92 bits per heavy atom. The van der Waals surface area contributed by atoms with Crippen LogP contribution in [0, 0.1) is 0 Å². The lowest BCUT2D eigenvalue weighted by Gasteiger charge is -2.14. The van der Waals surface area contributed by atoms with Crippen molar-refractivity contribution in [1.29, 1.82) is 0 Å². The summed E-state index contributed by atoms with van der Waals surface area (Å²) < 4.78 is 6.75. The van der Waals surface area contributed by atoms with E-state index in [-0.39, 0.29) is 12.2 Å². The second-order valence-corrected chi connectivity index (χ2v) is 7.35. The van der Waals surface area contributed by atoms with E-state index in [4.69, 9.17) is 4.74 Å². The number of nitrogens with zero attached hydrogens (tertiary/aromatic N) is 2. The van der Waals surface area contributed by atoms with E-state index >= 15 is 0 Å². The van der Waals surface area contributed by atoms with Gasteiger partial charge < -0.3 is 4.74 Å². The van der Waals surface area contributed by atoms with Crippen molar-refractivity contribution in [2.45, 2.75) is 38.8 Å². The number of carbonyl (C=O) groups excluding carboxylic acids is 1.